The number of rotatable bonds is 5. The fourth-order valence-electron chi connectivity index (χ4n) is 2.72. The van der Waals surface area contributed by atoms with Crippen molar-refractivity contribution in [1.29, 1.82) is 0 Å². The van der Waals surface area contributed by atoms with Gasteiger partial charge in [-0.2, -0.15) is 5.10 Å². The van der Waals surface area contributed by atoms with Crippen LogP contribution < -0.4 is 5.56 Å². The Kier molecular flexibility index (Phi) is 5.30. The lowest BCUT2D eigenvalue weighted by molar-refractivity contribution is 0.0465. The van der Waals surface area contributed by atoms with E-state index >= 15 is 0 Å². The average molecular weight is 366 g/mol. The first-order chi connectivity index (χ1) is 13.0. The van der Waals surface area contributed by atoms with Crippen LogP contribution in [0.1, 0.15) is 33.3 Å². The number of methoxy groups -OCH3 is 1. The molecule has 27 heavy (non-hydrogen) atoms. The fourth-order valence-corrected chi connectivity index (χ4v) is 2.72. The highest BCUT2D eigenvalue weighted by Gasteiger charge is 2.18. The standard InChI is InChI=1S/C20H18N2O5/c1-3-22-18(23)16-10-5-4-9-15(16)17(21-22)20(25)27-12-13-7-6-8-14(11-13)19(24)26-2/h4-11H,3,12H2,1-2H3. The zero-order chi connectivity index (χ0) is 19.4. The van der Waals surface area contributed by atoms with Crippen molar-refractivity contribution in [2.24, 2.45) is 0 Å². The van der Waals surface area contributed by atoms with E-state index in [4.69, 9.17) is 4.74 Å². The lowest BCUT2D eigenvalue weighted by atomic mass is 10.1. The molecule has 0 N–H and O–H groups in total. The fraction of sp³-hybridized carbons (Fsp3) is 0.200. The second-order valence-electron chi connectivity index (χ2n) is 5.78. The Labute approximate surface area is 155 Å². The maximum Gasteiger partial charge on any atom is 0.359 e. The monoisotopic (exact) mass is 366 g/mol. The van der Waals surface area contributed by atoms with Crippen LogP contribution in [0.2, 0.25) is 0 Å². The van der Waals surface area contributed by atoms with Gasteiger partial charge >= 0.3 is 11.9 Å². The molecule has 0 aliphatic heterocycles. The largest absolute Gasteiger partial charge is 0.465 e. The van der Waals surface area contributed by atoms with Crippen molar-refractivity contribution in [1.82, 2.24) is 9.78 Å². The highest BCUT2D eigenvalue weighted by molar-refractivity contribution is 6.02. The first-order valence-corrected chi connectivity index (χ1v) is 8.39. The van der Waals surface area contributed by atoms with Gasteiger partial charge in [0.15, 0.2) is 5.69 Å². The van der Waals surface area contributed by atoms with E-state index in [1.807, 2.05) is 0 Å². The van der Waals surface area contributed by atoms with E-state index in [2.05, 4.69) is 9.84 Å². The first kappa shape index (κ1) is 18.3. The van der Waals surface area contributed by atoms with Crippen molar-refractivity contribution >= 4 is 22.7 Å². The van der Waals surface area contributed by atoms with Gasteiger partial charge in [-0.15, -0.1) is 0 Å². The predicted octanol–water partition coefficient (Wildman–Crippen LogP) is 2.56. The van der Waals surface area contributed by atoms with Crippen molar-refractivity contribution in [2.45, 2.75) is 20.1 Å². The van der Waals surface area contributed by atoms with Crippen LogP contribution >= 0.6 is 0 Å². The van der Waals surface area contributed by atoms with Crippen LogP contribution in [0.4, 0.5) is 0 Å². The van der Waals surface area contributed by atoms with Crippen LogP contribution in [0.25, 0.3) is 10.8 Å². The maximum absolute atomic E-state index is 12.6. The van der Waals surface area contributed by atoms with Gasteiger partial charge < -0.3 is 9.47 Å². The molecule has 0 aliphatic carbocycles. The quantitative estimate of drug-likeness (QED) is 0.645. The normalized spacial score (nSPS) is 10.6. The summed E-state index contributed by atoms with van der Waals surface area (Å²) in [6.45, 7) is 2.08. The molecule has 0 saturated carbocycles. The first-order valence-electron chi connectivity index (χ1n) is 8.39. The summed E-state index contributed by atoms with van der Waals surface area (Å²) in [4.78, 5) is 36.5. The highest BCUT2D eigenvalue weighted by atomic mass is 16.5. The molecule has 0 radical (unpaired) electrons. The lowest BCUT2D eigenvalue weighted by Crippen LogP contribution is -2.25. The van der Waals surface area contributed by atoms with Crippen molar-refractivity contribution in [3.63, 3.8) is 0 Å². The molecular weight excluding hydrogens is 348 g/mol. The van der Waals surface area contributed by atoms with E-state index in [9.17, 15) is 14.4 Å². The molecule has 138 valence electrons. The molecule has 2 aromatic carbocycles. The minimum atomic E-state index is -0.642. The number of ether oxygens (including phenoxy) is 2. The number of fused-ring (bicyclic) bond motifs is 1. The number of aromatic nitrogens is 2. The number of aryl methyl sites for hydroxylation is 1. The second-order valence-corrected chi connectivity index (χ2v) is 5.78. The molecule has 7 nitrogen and oxygen atoms in total. The average Bonchev–Trinajstić information content (AvgIpc) is 2.72. The van der Waals surface area contributed by atoms with Crippen LogP contribution in [0.5, 0.6) is 0 Å². The Balaban J connectivity index is 1.88. The summed E-state index contributed by atoms with van der Waals surface area (Å²) >= 11 is 0. The Hall–Kier alpha value is -3.48. The summed E-state index contributed by atoms with van der Waals surface area (Å²) in [6.07, 6.45) is 0. The third kappa shape index (κ3) is 3.72. The molecule has 1 heterocycles. The van der Waals surface area contributed by atoms with Gasteiger partial charge in [0, 0.05) is 11.9 Å². The van der Waals surface area contributed by atoms with Crippen LogP contribution in [-0.2, 0) is 22.6 Å². The summed E-state index contributed by atoms with van der Waals surface area (Å²) < 4.78 is 11.3. The molecule has 1 aromatic heterocycles. The summed E-state index contributed by atoms with van der Waals surface area (Å²) in [5.41, 5.74) is 0.833. The highest BCUT2D eigenvalue weighted by Crippen LogP contribution is 2.15. The molecule has 0 aliphatic rings. The molecular formula is C20H18N2O5. The molecule has 0 amide bonds. The van der Waals surface area contributed by atoms with Gasteiger partial charge in [-0.3, -0.25) is 4.79 Å². The Morgan fingerprint density at radius 3 is 2.48 bits per heavy atom. The van der Waals surface area contributed by atoms with Gasteiger partial charge in [-0.25, -0.2) is 14.3 Å². The van der Waals surface area contributed by atoms with Crippen LogP contribution in [-0.4, -0.2) is 28.8 Å². The van der Waals surface area contributed by atoms with Crippen molar-refractivity contribution in [3.05, 3.63) is 75.7 Å². The second kappa shape index (κ2) is 7.82. The van der Waals surface area contributed by atoms with Crippen LogP contribution in [0.3, 0.4) is 0 Å². The smallest absolute Gasteiger partial charge is 0.359 e. The van der Waals surface area contributed by atoms with E-state index in [0.29, 0.717) is 28.4 Å². The molecule has 0 bridgehead atoms. The molecule has 3 rings (SSSR count). The van der Waals surface area contributed by atoms with Gasteiger partial charge in [0.2, 0.25) is 0 Å². The molecule has 0 unspecified atom stereocenters. The lowest BCUT2D eigenvalue weighted by Gasteiger charge is -2.10. The predicted molar refractivity (Wildman–Crippen MR) is 98.6 cm³/mol. The number of esters is 2. The minimum Gasteiger partial charge on any atom is -0.465 e. The van der Waals surface area contributed by atoms with E-state index in [1.165, 1.54) is 11.8 Å². The van der Waals surface area contributed by atoms with E-state index in [1.54, 1.807) is 55.5 Å². The molecule has 0 spiro atoms. The number of carbonyl (C=O) groups excluding carboxylic acids is 2. The summed E-state index contributed by atoms with van der Waals surface area (Å²) in [7, 11) is 1.30. The van der Waals surface area contributed by atoms with Gasteiger partial charge in [-0.05, 0) is 30.7 Å². The van der Waals surface area contributed by atoms with Crippen molar-refractivity contribution < 1.29 is 19.1 Å². The van der Waals surface area contributed by atoms with Gasteiger partial charge in [-0.1, -0.05) is 30.3 Å². The zero-order valence-electron chi connectivity index (χ0n) is 15.0. The Morgan fingerprint density at radius 1 is 1.04 bits per heavy atom. The van der Waals surface area contributed by atoms with Gasteiger partial charge in [0.25, 0.3) is 5.56 Å². The third-order valence-electron chi connectivity index (χ3n) is 4.08. The Morgan fingerprint density at radius 2 is 1.78 bits per heavy atom. The molecule has 0 saturated heterocycles. The van der Waals surface area contributed by atoms with Crippen molar-refractivity contribution in [2.75, 3.05) is 7.11 Å². The molecule has 7 heteroatoms. The number of benzene rings is 2. The third-order valence-corrected chi connectivity index (χ3v) is 4.08. The van der Waals surface area contributed by atoms with E-state index < -0.39 is 11.9 Å². The number of nitrogens with zero attached hydrogens (tertiary/aromatic N) is 2. The summed E-state index contributed by atoms with van der Waals surface area (Å²) in [5.74, 6) is -1.11. The molecule has 0 fully saturated rings. The number of carbonyl (C=O) groups is 2. The van der Waals surface area contributed by atoms with Crippen LogP contribution in [0.15, 0.2) is 53.3 Å². The minimum absolute atomic E-state index is 0.0368. The summed E-state index contributed by atoms with van der Waals surface area (Å²) in [6, 6.07) is 13.4. The molecule has 3 aromatic rings. The van der Waals surface area contributed by atoms with Gasteiger partial charge in [0.05, 0.1) is 18.1 Å². The molecule has 0 atom stereocenters. The van der Waals surface area contributed by atoms with Crippen LogP contribution in [0, 0.1) is 0 Å². The summed E-state index contributed by atoms with van der Waals surface area (Å²) in [5, 5.41) is 5.00. The zero-order valence-corrected chi connectivity index (χ0v) is 15.0. The van der Waals surface area contributed by atoms with Gasteiger partial charge in [0.1, 0.15) is 6.61 Å². The van der Waals surface area contributed by atoms with E-state index in [0.717, 1.165) is 0 Å². The number of hydrogen-bond acceptors (Lipinski definition) is 6. The number of hydrogen-bond donors (Lipinski definition) is 0. The SMILES string of the molecule is CCn1nc(C(=O)OCc2cccc(C(=O)OC)c2)c2ccccc2c1=O. The van der Waals surface area contributed by atoms with Crippen molar-refractivity contribution in [3.8, 4) is 0 Å². The van der Waals surface area contributed by atoms with E-state index in [-0.39, 0.29) is 17.9 Å². The maximum atomic E-state index is 12.6. The Bertz CT molecular complexity index is 1070. The topological polar surface area (TPSA) is 87.5 Å².